The fraction of sp³-hybridized carbons (Fsp3) is 0.222. The number of fused-ring (bicyclic) bond motifs is 1. The number of rotatable bonds is 5. The van der Waals surface area contributed by atoms with Gasteiger partial charge in [0.2, 0.25) is 0 Å². The minimum absolute atomic E-state index is 0.152. The lowest BCUT2D eigenvalue weighted by Gasteiger charge is -2.06. The summed E-state index contributed by atoms with van der Waals surface area (Å²) < 4.78 is 37.0. The van der Waals surface area contributed by atoms with Gasteiger partial charge in [-0.15, -0.1) is 0 Å². The molecule has 0 bridgehead atoms. The molecule has 0 spiro atoms. The van der Waals surface area contributed by atoms with E-state index in [4.69, 9.17) is 9.29 Å². The number of hydrogen-bond acceptors (Lipinski definition) is 5. The van der Waals surface area contributed by atoms with E-state index >= 15 is 0 Å². The molecule has 1 atom stereocenters. The van der Waals surface area contributed by atoms with Crippen LogP contribution < -0.4 is 4.72 Å². The predicted octanol–water partition coefficient (Wildman–Crippen LogP) is 2.02. The first-order chi connectivity index (χ1) is 12.3. The summed E-state index contributed by atoms with van der Waals surface area (Å²) in [5.74, 6) is -0.685. The molecule has 2 N–H and O–H groups in total. The third-order valence-corrected chi connectivity index (χ3v) is 4.82. The number of carbonyl (C=O) groups excluding carboxylic acids is 2. The zero-order valence-electron chi connectivity index (χ0n) is 13.9. The van der Waals surface area contributed by atoms with Crippen molar-refractivity contribution < 1.29 is 27.3 Å². The zero-order chi connectivity index (χ0) is 18.9. The van der Waals surface area contributed by atoms with Gasteiger partial charge in [-0.25, -0.2) is 0 Å². The Hall–Kier alpha value is -2.71. The Morgan fingerprint density at radius 1 is 1.04 bits per heavy atom. The van der Waals surface area contributed by atoms with E-state index in [9.17, 15) is 18.0 Å². The highest BCUT2D eigenvalue weighted by Crippen LogP contribution is 2.29. The maximum Gasteiger partial charge on any atom is 0.357 e. The van der Waals surface area contributed by atoms with Crippen molar-refractivity contribution in [2.24, 2.45) is 5.92 Å². The van der Waals surface area contributed by atoms with Crippen LogP contribution in [0.25, 0.3) is 0 Å². The highest BCUT2D eigenvalue weighted by Gasteiger charge is 2.28. The van der Waals surface area contributed by atoms with Crippen LogP contribution >= 0.6 is 0 Å². The van der Waals surface area contributed by atoms with Gasteiger partial charge in [0.25, 0.3) is 0 Å². The summed E-state index contributed by atoms with van der Waals surface area (Å²) in [6.07, 6.45) is 1.15. The molecule has 2 aromatic carbocycles. The van der Waals surface area contributed by atoms with Crippen LogP contribution in [0, 0.1) is 5.92 Å². The Morgan fingerprint density at radius 2 is 1.65 bits per heavy atom. The van der Waals surface area contributed by atoms with E-state index in [2.05, 4.69) is 0 Å². The molecule has 0 saturated carbocycles. The Bertz CT molecular complexity index is 966. The average Bonchev–Trinajstić information content (AvgIpc) is 3.03. The first-order valence-corrected chi connectivity index (χ1v) is 9.30. The van der Waals surface area contributed by atoms with Gasteiger partial charge in [-0.05, 0) is 54.3 Å². The number of benzene rings is 2. The second-order valence-corrected chi connectivity index (χ2v) is 7.25. The summed E-state index contributed by atoms with van der Waals surface area (Å²) in [5, 5.41) is 0. The third kappa shape index (κ3) is 3.92. The molecule has 8 heteroatoms. The zero-order valence-corrected chi connectivity index (χ0v) is 14.7. The van der Waals surface area contributed by atoms with Crippen LogP contribution in [0.5, 0.6) is 0 Å². The van der Waals surface area contributed by atoms with Gasteiger partial charge in [0.05, 0.1) is 18.7 Å². The lowest BCUT2D eigenvalue weighted by Crippen LogP contribution is -2.15. The van der Waals surface area contributed by atoms with Crippen LogP contribution in [0.3, 0.4) is 0 Å². The highest BCUT2D eigenvalue weighted by atomic mass is 32.2. The molecule has 0 amide bonds. The molecule has 1 aliphatic rings. The Labute approximate surface area is 150 Å². The number of ether oxygens (including phenoxy) is 1. The third-order valence-electron chi connectivity index (χ3n) is 4.33. The van der Waals surface area contributed by atoms with E-state index in [0.717, 1.165) is 11.1 Å². The van der Waals surface area contributed by atoms with Crippen molar-refractivity contribution in [1.82, 2.24) is 0 Å². The number of ketones is 1. The normalized spacial score (nSPS) is 16.0. The van der Waals surface area contributed by atoms with E-state index in [1.807, 2.05) is 10.8 Å². The topological polar surface area (TPSA) is 110 Å². The van der Waals surface area contributed by atoms with Crippen molar-refractivity contribution in [2.75, 3.05) is 11.8 Å². The molecule has 0 aliphatic heterocycles. The summed E-state index contributed by atoms with van der Waals surface area (Å²) in [4.78, 5) is 24.3. The van der Waals surface area contributed by atoms with Gasteiger partial charge in [0, 0.05) is 11.1 Å². The van der Waals surface area contributed by atoms with Gasteiger partial charge in [-0.1, -0.05) is 12.1 Å². The molecule has 0 fully saturated rings. The maximum atomic E-state index is 12.6. The Kier molecular flexibility index (Phi) is 4.80. The van der Waals surface area contributed by atoms with Crippen LogP contribution in [0.15, 0.2) is 42.5 Å². The highest BCUT2D eigenvalue weighted by molar-refractivity contribution is 7.87. The minimum atomic E-state index is -4.36. The van der Waals surface area contributed by atoms with E-state index in [1.54, 1.807) is 12.1 Å². The molecular weight excluding hydrogens is 358 g/mol. The summed E-state index contributed by atoms with van der Waals surface area (Å²) in [7, 11) is -2.99. The average molecular weight is 375 g/mol. The molecule has 7 nitrogen and oxygen atoms in total. The smallest absolute Gasteiger partial charge is 0.357 e. The predicted molar refractivity (Wildman–Crippen MR) is 94.4 cm³/mol. The summed E-state index contributed by atoms with van der Waals surface area (Å²) >= 11 is 0. The minimum Gasteiger partial charge on any atom is -0.469 e. The second kappa shape index (κ2) is 6.89. The number of esters is 1. The quantitative estimate of drug-likeness (QED) is 0.470. The number of anilines is 1. The first kappa shape index (κ1) is 18.1. The number of carbonyl (C=O) groups is 2. The summed E-state index contributed by atoms with van der Waals surface area (Å²) in [6.45, 7) is 0. The van der Waals surface area contributed by atoms with Crippen molar-refractivity contribution in [3.63, 3.8) is 0 Å². The molecule has 136 valence electrons. The van der Waals surface area contributed by atoms with E-state index in [1.165, 1.54) is 31.4 Å². The van der Waals surface area contributed by atoms with Crippen molar-refractivity contribution in [3.8, 4) is 0 Å². The molecule has 26 heavy (non-hydrogen) atoms. The van der Waals surface area contributed by atoms with Crippen molar-refractivity contribution in [3.05, 3.63) is 64.7 Å². The largest absolute Gasteiger partial charge is 0.469 e. The van der Waals surface area contributed by atoms with Gasteiger partial charge >= 0.3 is 16.3 Å². The molecule has 1 unspecified atom stereocenters. The monoisotopic (exact) mass is 375 g/mol. The molecular formula is C18H17NO6S. The van der Waals surface area contributed by atoms with Crippen LogP contribution in [0.1, 0.15) is 27.0 Å². The van der Waals surface area contributed by atoms with Gasteiger partial charge in [0.1, 0.15) is 0 Å². The molecule has 0 saturated heterocycles. The van der Waals surface area contributed by atoms with Crippen LogP contribution in [-0.2, 0) is 32.7 Å². The molecule has 3 rings (SSSR count). The van der Waals surface area contributed by atoms with Crippen molar-refractivity contribution >= 4 is 27.7 Å². The van der Waals surface area contributed by atoms with Crippen molar-refractivity contribution in [1.29, 1.82) is 0 Å². The molecule has 0 heterocycles. The lowest BCUT2D eigenvalue weighted by atomic mass is 9.99. The van der Waals surface area contributed by atoms with E-state index in [-0.39, 0.29) is 23.4 Å². The second-order valence-electron chi connectivity index (χ2n) is 6.10. The van der Waals surface area contributed by atoms with Gasteiger partial charge < -0.3 is 4.74 Å². The van der Waals surface area contributed by atoms with Crippen LogP contribution in [-0.4, -0.2) is 31.8 Å². The number of nitrogens with one attached hydrogen (secondary N) is 1. The summed E-state index contributed by atoms with van der Waals surface area (Å²) in [5.41, 5.74) is 3.01. The SMILES string of the molecule is COC(=O)C1Cc2ccc(C(=O)c3ccc(NS(=O)(=O)O)cc3)cc2C1. The summed E-state index contributed by atoms with van der Waals surface area (Å²) in [6, 6.07) is 11.1. The van der Waals surface area contributed by atoms with Crippen molar-refractivity contribution in [2.45, 2.75) is 12.8 Å². The van der Waals surface area contributed by atoms with Crippen LogP contribution in [0.2, 0.25) is 0 Å². The Morgan fingerprint density at radius 3 is 2.27 bits per heavy atom. The fourth-order valence-electron chi connectivity index (χ4n) is 3.10. The molecule has 0 radical (unpaired) electrons. The van der Waals surface area contributed by atoms with E-state index in [0.29, 0.717) is 24.0 Å². The Balaban J connectivity index is 1.79. The van der Waals surface area contributed by atoms with Gasteiger partial charge in [-0.2, -0.15) is 8.42 Å². The number of methoxy groups -OCH3 is 1. The fourth-order valence-corrected chi connectivity index (χ4v) is 3.53. The van der Waals surface area contributed by atoms with E-state index < -0.39 is 10.3 Å². The molecule has 2 aromatic rings. The van der Waals surface area contributed by atoms with Gasteiger partial charge in [0.15, 0.2) is 5.78 Å². The van der Waals surface area contributed by atoms with Gasteiger partial charge in [-0.3, -0.25) is 18.9 Å². The lowest BCUT2D eigenvalue weighted by molar-refractivity contribution is -0.145. The number of hydrogen-bond donors (Lipinski definition) is 2. The molecule has 0 aromatic heterocycles. The molecule has 1 aliphatic carbocycles. The first-order valence-electron chi connectivity index (χ1n) is 7.86. The maximum absolute atomic E-state index is 12.6. The van der Waals surface area contributed by atoms with Crippen LogP contribution in [0.4, 0.5) is 5.69 Å². The standard InChI is InChI=1S/C18H17NO6S/c1-25-18(21)15-8-12-2-3-13(9-14(12)10-15)17(20)11-4-6-16(7-5-11)19-26(22,23)24/h2-7,9,15,19H,8,10H2,1H3,(H,22,23,24).